The fourth-order valence-electron chi connectivity index (χ4n) is 0.503. The van der Waals surface area contributed by atoms with Gasteiger partial charge in [0.05, 0.1) is 5.70 Å². The quantitative estimate of drug-likeness (QED) is 0.458. The fourth-order valence-corrected chi connectivity index (χ4v) is 0.503. The SMILES string of the molecule is C=C=C1C=CC=CN1. The van der Waals surface area contributed by atoms with E-state index < -0.39 is 0 Å². The summed E-state index contributed by atoms with van der Waals surface area (Å²) >= 11 is 0. The van der Waals surface area contributed by atoms with Gasteiger partial charge in [-0.1, -0.05) is 12.7 Å². The van der Waals surface area contributed by atoms with Gasteiger partial charge in [0, 0.05) is 6.20 Å². The second-order valence-corrected chi connectivity index (χ2v) is 1.45. The molecule has 0 aliphatic carbocycles. The maximum atomic E-state index is 3.47. The molecule has 0 aromatic carbocycles. The Morgan fingerprint density at radius 3 is 2.75 bits per heavy atom. The molecular weight excluding hydrogens is 98.1 g/mol. The number of dihydropyridines is 1. The number of allylic oxidation sites excluding steroid dienone is 3. The van der Waals surface area contributed by atoms with Crippen LogP contribution < -0.4 is 5.32 Å². The summed E-state index contributed by atoms with van der Waals surface area (Å²) in [5.74, 6) is 0. The highest BCUT2D eigenvalue weighted by Crippen LogP contribution is 1.93. The molecule has 0 aromatic rings. The molecule has 40 valence electrons. The van der Waals surface area contributed by atoms with E-state index in [1.54, 1.807) is 0 Å². The molecule has 1 nitrogen and oxygen atoms in total. The molecule has 1 aliphatic heterocycles. The average Bonchev–Trinajstić information content (AvgIpc) is 1.90. The number of hydrogen-bond acceptors (Lipinski definition) is 1. The van der Waals surface area contributed by atoms with Gasteiger partial charge in [-0.15, -0.1) is 5.73 Å². The lowest BCUT2D eigenvalue weighted by Crippen LogP contribution is -2.02. The van der Waals surface area contributed by atoms with E-state index >= 15 is 0 Å². The lowest BCUT2D eigenvalue weighted by molar-refractivity contribution is 1.10. The summed E-state index contributed by atoms with van der Waals surface area (Å²) < 4.78 is 0. The van der Waals surface area contributed by atoms with Crippen LogP contribution in [0.5, 0.6) is 0 Å². The Labute approximate surface area is 48.7 Å². The van der Waals surface area contributed by atoms with Gasteiger partial charge >= 0.3 is 0 Å². The lowest BCUT2D eigenvalue weighted by Gasteiger charge is -1.99. The fraction of sp³-hybridized carbons (Fsp3) is 0. The van der Waals surface area contributed by atoms with Crippen molar-refractivity contribution in [1.29, 1.82) is 0 Å². The standard InChI is InChI=1S/C7H7N/c1-2-7-5-3-4-6-8-7/h3-6,8H,1H2. The van der Waals surface area contributed by atoms with Crippen LogP contribution in [0.25, 0.3) is 0 Å². The average molecular weight is 105 g/mol. The number of nitrogens with one attached hydrogen (secondary N) is 1. The third-order valence-corrected chi connectivity index (χ3v) is 0.900. The minimum absolute atomic E-state index is 0.924. The van der Waals surface area contributed by atoms with Gasteiger partial charge in [0.2, 0.25) is 0 Å². The molecule has 8 heavy (non-hydrogen) atoms. The Hall–Kier alpha value is -1.20. The van der Waals surface area contributed by atoms with Gasteiger partial charge in [-0.05, 0) is 12.2 Å². The van der Waals surface area contributed by atoms with Gasteiger partial charge < -0.3 is 5.32 Å². The van der Waals surface area contributed by atoms with Crippen molar-refractivity contribution in [1.82, 2.24) is 5.32 Å². The molecule has 0 saturated carbocycles. The van der Waals surface area contributed by atoms with E-state index in [4.69, 9.17) is 0 Å². The number of hydrogen-bond donors (Lipinski definition) is 1. The molecule has 1 aliphatic rings. The van der Waals surface area contributed by atoms with Crippen LogP contribution >= 0.6 is 0 Å². The van der Waals surface area contributed by atoms with Gasteiger partial charge in [0.25, 0.3) is 0 Å². The Kier molecular flexibility index (Phi) is 1.36. The molecule has 1 rings (SSSR count). The largest absolute Gasteiger partial charge is 0.355 e. The van der Waals surface area contributed by atoms with Crippen LogP contribution in [-0.2, 0) is 0 Å². The maximum Gasteiger partial charge on any atom is 0.0807 e. The number of rotatable bonds is 0. The summed E-state index contributed by atoms with van der Waals surface area (Å²) in [5.41, 5.74) is 3.65. The highest BCUT2D eigenvalue weighted by Gasteiger charge is 1.84. The molecule has 1 heterocycles. The third-order valence-electron chi connectivity index (χ3n) is 0.900. The first-order valence-electron chi connectivity index (χ1n) is 2.43. The van der Waals surface area contributed by atoms with Crippen molar-refractivity contribution in [3.05, 3.63) is 42.4 Å². The van der Waals surface area contributed by atoms with E-state index in [2.05, 4.69) is 17.6 Å². The molecular formula is C7H7N. The van der Waals surface area contributed by atoms with E-state index in [0.717, 1.165) is 5.70 Å². The van der Waals surface area contributed by atoms with Gasteiger partial charge in [0.15, 0.2) is 0 Å². The second-order valence-electron chi connectivity index (χ2n) is 1.45. The molecule has 0 atom stereocenters. The highest BCUT2D eigenvalue weighted by molar-refractivity contribution is 5.25. The molecule has 0 unspecified atom stereocenters. The predicted octanol–water partition coefficient (Wildman–Crippen LogP) is 1.33. The third kappa shape index (κ3) is 0.895. The molecule has 1 N–H and O–H groups in total. The van der Waals surface area contributed by atoms with Crippen molar-refractivity contribution in [2.75, 3.05) is 0 Å². The van der Waals surface area contributed by atoms with Gasteiger partial charge in [-0.3, -0.25) is 0 Å². The normalized spacial score (nSPS) is 15.2. The highest BCUT2D eigenvalue weighted by atomic mass is 14.8. The second kappa shape index (κ2) is 2.20. The van der Waals surface area contributed by atoms with Gasteiger partial charge in [0.1, 0.15) is 0 Å². The molecule has 0 saturated heterocycles. The first-order valence-corrected chi connectivity index (χ1v) is 2.43. The predicted molar refractivity (Wildman–Crippen MR) is 34.1 cm³/mol. The Morgan fingerprint density at radius 1 is 1.50 bits per heavy atom. The van der Waals surface area contributed by atoms with Crippen molar-refractivity contribution < 1.29 is 0 Å². The van der Waals surface area contributed by atoms with Gasteiger partial charge in [-0.25, -0.2) is 0 Å². The summed E-state index contributed by atoms with van der Waals surface area (Å²) in [7, 11) is 0. The Bertz CT molecular complexity index is 181. The summed E-state index contributed by atoms with van der Waals surface area (Å²) in [6, 6.07) is 0. The van der Waals surface area contributed by atoms with E-state index in [1.807, 2.05) is 24.4 Å². The van der Waals surface area contributed by atoms with Gasteiger partial charge in [-0.2, -0.15) is 0 Å². The van der Waals surface area contributed by atoms with Crippen molar-refractivity contribution in [3.63, 3.8) is 0 Å². The van der Waals surface area contributed by atoms with Crippen molar-refractivity contribution in [3.8, 4) is 0 Å². The van der Waals surface area contributed by atoms with Crippen LogP contribution in [0.2, 0.25) is 0 Å². The Balaban J connectivity index is 2.80. The molecule has 1 heteroatoms. The van der Waals surface area contributed by atoms with E-state index in [-0.39, 0.29) is 0 Å². The van der Waals surface area contributed by atoms with Crippen LogP contribution in [-0.4, -0.2) is 0 Å². The van der Waals surface area contributed by atoms with Crippen molar-refractivity contribution >= 4 is 0 Å². The summed E-state index contributed by atoms with van der Waals surface area (Å²) in [6.45, 7) is 3.47. The molecule has 0 fully saturated rings. The van der Waals surface area contributed by atoms with Crippen molar-refractivity contribution in [2.45, 2.75) is 0 Å². The van der Waals surface area contributed by atoms with Crippen LogP contribution in [0.3, 0.4) is 0 Å². The molecule has 0 spiro atoms. The summed E-state index contributed by atoms with van der Waals surface area (Å²) in [4.78, 5) is 0. The minimum atomic E-state index is 0.924. The minimum Gasteiger partial charge on any atom is -0.355 e. The Morgan fingerprint density at radius 2 is 2.38 bits per heavy atom. The topological polar surface area (TPSA) is 12.0 Å². The lowest BCUT2D eigenvalue weighted by atomic mass is 10.3. The maximum absolute atomic E-state index is 3.47. The van der Waals surface area contributed by atoms with Crippen LogP contribution in [0, 0.1) is 0 Å². The first kappa shape index (κ1) is 4.95. The monoisotopic (exact) mass is 105 g/mol. The summed E-state index contributed by atoms with van der Waals surface area (Å²) in [6.07, 6.45) is 7.60. The molecule has 0 amide bonds. The van der Waals surface area contributed by atoms with Crippen LogP contribution in [0.1, 0.15) is 0 Å². The summed E-state index contributed by atoms with van der Waals surface area (Å²) in [5, 5.41) is 2.94. The molecule has 0 aromatic heterocycles. The zero-order valence-electron chi connectivity index (χ0n) is 4.52. The smallest absolute Gasteiger partial charge is 0.0807 e. The van der Waals surface area contributed by atoms with E-state index in [0.29, 0.717) is 0 Å². The first-order chi connectivity index (χ1) is 3.93. The van der Waals surface area contributed by atoms with E-state index in [9.17, 15) is 0 Å². The van der Waals surface area contributed by atoms with Crippen LogP contribution in [0.4, 0.5) is 0 Å². The van der Waals surface area contributed by atoms with Crippen LogP contribution in [0.15, 0.2) is 42.4 Å². The molecule has 0 radical (unpaired) electrons. The zero-order chi connectivity index (χ0) is 5.82. The van der Waals surface area contributed by atoms with Crippen molar-refractivity contribution in [2.24, 2.45) is 0 Å². The zero-order valence-corrected chi connectivity index (χ0v) is 4.52. The van der Waals surface area contributed by atoms with E-state index in [1.165, 1.54) is 0 Å². The molecule has 0 bridgehead atoms.